The molecule has 0 aromatic carbocycles. The number of hydrogen-bond donors (Lipinski definition) is 2. The van der Waals surface area contributed by atoms with Crippen molar-refractivity contribution in [1.29, 1.82) is 0 Å². The summed E-state index contributed by atoms with van der Waals surface area (Å²) in [5.41, 5.74) is 0.527. The van der Waals surface area contributed by atoms with Gasteiger partial charge in [-0.15, -0.1) is 10.2 Å². The lowest BCUT2D eigenvalue weighted by molar-refractivity contribution is 0.0951. The Bertz CT molecular complexity index is 1400. The molecule has 160 valence electrons. The van der Waals surface area contributed by atoms with Gasteiger partial charge < -0.3 is 5.32 Å². The van der Waals surface area contributed by atoms with Gasteiger partial charge in [0.2, 0.25) is 0 Å². The number of carbonyl (C=O) groups excluding carboxylic acids is 1. The Morgan fingerprint density at radius 2 is 2.03 bits per heavy atom. The number of aryl methyl sites for hydroxylation is 1. The minimum absolute atomic E-state index is 0.000793. The number of H-pyrrole nitrogens is 1. The van der Waals surface area contributed by atoms with Crippen LogP contribution in [0, 0.1) is 0 Å². The average molecular weight is 421 g/mol. The standard InChI is InChI=1S/C21H23N7O3/c1-4-8-28-18-17(20(30)24-21(28)31)13(10-14(23-18)12(2)3)19(29)22-11-16-26-25-15-7-5-6-9-27(15)16/h5-7,9-10,12H,4,8,11H2,1-3H3,(H,22,29)(H,24,30,31). The number of carbonyl (C=O) groups is 1. The predicted octanol–water partition coefficient (Wildman–Crippen LogP) is 1.59. The van der Waals surface area contributed by atoms with Crippen LogP contribution in [0.2, 0.25) is 0 Å². The number of rotatable bonds is 6. The maximum absolute atomic E-state index is 13.1. The second-order valence-electron chi connectivity index (χ2n) is 7.59. The fourth-order valence-corrected chi connectivity index (χ4v) is 3.47. The highest BCUT2D eigenvalue weighted by atomic mass is 16.2. The summed E-state index contributed by atoms with van der Waals surface area (Å²) in [7, 11) is 0. The Labute approximate surface area is 177 Å². The van der Waals surface area contributed by atoms with E-state index in [4.69, 9.17) is 0 Å². The molecule has 4 aromatic heterocycles. The third-order valence-corrected chi connectivity index (χ3v) is 5.04. The first kappa shape index (κ1) is 20.5. The molecule has 0 aliphatic rings. The Kier molecular flexibility index (Phi) is 5.37. The maximum atomic E-state index is 13.1. The molecule has 4 rings (SSSR count). The van der Waals surface area contributed by atoms with Crippen LogP contribution >= 0.6 is 0 Å². The first-order valence-corrected chi connectivity index (χ1v) is 10.1. The molecule has 0 bridgehead atoms. The number of nitrogens with one attached hydrogen (secondary N) is 2. The van der Waals surface area contributed by atoms with E-state index in [0.717, 1.165) is 0 Å². The van der Waals surface area contributed by atoms with Crippen molar-refractivity contribution >= 4 is 22.6 Å². The van der Waals surface area contributed by atoms with Crippen molar-refractivity contribution in [2.75, 3.05) is 0 Å². The van der Waals surface area contributed by atoms with Crippen molar-refractivity contribution in [3.05, 3.63) is 68.4 Å². The zero-order chi connectivity index (χ0) is 22.1. The van der Waals surface area contributed by atoms with E-state index in [1.54, 1.807) is 10.5 Å². The number of pyridine rings is 2. The van der Waals surface area contributed by atoms with Crippen molar-refractivity contribution in [3.8, 4) is 0 Å². The zero-order valence-corrected chi connectivity index (χ0v) is 17.5. The van der Waals surface area contributed by atoms with Gasteiger partial charge in [0, 0.05) is 18.4 Å². The van der Waals surface area contributed by atoms with Gasteiger partial charge in [-0.3, -0.25) is 23.5 Å². The van der Waals surface area contributed by atoms with E-state index < -0.39 is 17.2 Å². The van der Waals surface area contributed by atoms with Crippen LogP contribution in [0.1, 0.15) is 55.0 Å². The normalized spacial score (nSPS) is 11.5. The molecule has 0 fully saturated rings. The van der Waals surface area contributed by atoms with Crippen LogP contribution in [0.5, 0.6) is 0 Å². The van der Waals surface area contributed by atoms with E-state index in [-0.39, 0.29) is 29.1 Å². The number of nitrogens with zero attached hydrogens (tertiary/aromatic N) is 5. The molecule has 2 N–H and O–H groups in total. The molecule has 0 saturated heterocycles. The summed E-state index contributed by atoms with van der Waals surface area (Å²) in [4.78, 5) is 45.0. The number of fused-ring (bicyclic) bond motifs is 2. The lowest BCUT2D eigenvalue weighted by Gasteiger charge is -2.14. The van der Waals surface area contributed by atoms with Crippen LogP contribution in [0.15, 0.2) is 40.1 Å². The summed E-state index contributed by atoms with van der Waals surface area (Å²) in [6.45, 7) is 6.30. The van der Waals surface area contributed by atoms with E-state index >= 15 is 0 Å². The van der Waals surface area contributed by atoms with Gasteiger partial charge in [0.25, 0.3) is 11.5 Å². The van der Waals surface area contributed by atoms with E-state index in [1.165, 1.54) is 4.57 Å². The second-order valence-corrected chi connectivity index (χ2v) is 7.59. The fourth-order valence-electron chi connectivity index (χ4n) is 3.47. The first-order chi connectivity index (χ1) is 14.9. The minimum atomic E-state index is -0.631. The van der Waals surface area contributed by atoms with Crippen LogP contribution in [0.25, 0.3) is 16.7 Å². The van der Waals surface area contributed by atoms with Gasteiger partial charge in [0.15, 0.2) is 17.1 Å². The van der Waals surface area contributed by atoms with Crippen molar-refractivity contribution in [2.24, 2.45) is 0 Å². The van der Waals surface area contributed by atoms with Gasteiger partial charge in [-0.25, -0.2) is 9.78 Å². The summed E-state index contributed by atoms with van der Waals surface area (Å²) in [5, 5.41) is 11.1. The van der Waals surface area contributed by atoms with E-state index in [9.17, 15) is 14.4 Å². The third-order valence-electron chi connectivity index (χ3n) is 5.04. The number of aromatic amines is 1. The molecular weight excluding hydrogens is 398 g/mol. The molecular formula is C21H23N7O3. The van der Waals surface area contributed by atoms with E-state index in [2.05, 4.69) is 25.5 Å². The molecule has 4 aromatic rings. The Balaban J connectivity index is 1.80. The van der Waals surface area contributed by atoms with Crippen LogP contribution in [-0.2, 0) is 13.1 Å². The first-order valence-electron chi connectivity index (χ1n) is 10.1. The Morgan fingerprint density at radius 3 is 2.77 bits per heavy atom. The zero-order valence-electron chi connectivity index (χ0n) is 17.5. The molecule has 1 amide bonds. The number of amides is 1. The summed E-state index contributed by atoms with van der Waals surface area (Å²) in [6.07, 6.45) is 2.49. The lowest BCUT2D eigenvalue weighted by atomic mass is 10.0. The second kappa shape index (κ2) is 8.13. The van der Waals surface area contributed by atoms with Gasteiger partial charge in [0.1, 0.15) is 0 Å². The number of hydrogen-bond acceptors (Lipinski definition) is 6. The topological polar surface area (TPSA) is 127 Å². The summed E-state index contributed by atoms with van der Waals surface area (Å²) >= 11 is 0. The van der Waals surface area contributed by atoms with Crippen molar-refractivity contribution < 1.29 is 4.79 Å². The minimum Gasteiger partial charge on any atom is -0.345 e. The van der Waals surface area contributed by atoms with Crippen LogP contribution in [0.4, 0.5) is 0 Å². The molecule has 10 nitrogen and oxygen atoms in total. The predicted molar refractivity (Wildman–Crippen MR) is 115 cm³/mol. The number of aromatic nitrogens is 6. The molecule has 0 saturated carbocycles. The largest absolute Gasteiger partial charge is 0.345 e. The van der Waals surface area contributed by atoms with E-state index in [1.807, 2.05) is 45.2 Å². The fraction of sp³-hybridized carbons (Fsp3) is 0.333. The highest BCUT2D eigenvalue weighted by Gasteiger charge is 2.20. The van der Waals surface area contributed by atoms with Crippen LogP contribution < -0.4 is 16.6 Å². The SMILES string of the molecule is CCCn1c(=O)[nH]c(=O)c2c(C(=O)NCc3nnc4ccccn34)cc(C(C)C)nc21. The monoisotopic (exact) mass is 421 g/mol. The lowest BCUT2D eigenvalue weighted by Crippen LogP contribution is -2.33. The molecule has 0 unspecified atom stereocenters. The Hall–Kier alpha value is -3.82. The van der Waals surface area contributed by atoms with Crippen LogP contribution in [-0.4, -0.2) is 35.0 Å². The quantitative estimate of drug-likeness (QED) is 0.487. The summed E-state index contributed by atoms with van der Waals surface area (Å²) in [6, 6.07) is 7.13. The van der Waals surface area contributed by atoms with Gasteiger partial charge in [0.05, 0.1) is 17.5 Å². The maximum Gasteiger partial charge on any atom is 0.329 e. The molecule has 0 atom stereocenters. The molecule has 31 heavy (non-hydrogen) atoms. The smallest absolute Gasteiger partial charge is 0.329 e. The molecule has 10 heteroatoms. The van der Waals surface area contributed by atoms with Gasteiger partial charge >= 0.3 is 5.69 Å². The summed E-state index contributed by atoms with van der Waals surface area (Å²) < 4.78 is 3.18. The molecule has 0 aliphatic heterocycles. The Morgan fingerprint density at radius 1 is 1.23 bits per heavy atom. The van der Waals surface area contributed by atoms with Gasteiger partial charge in [-0.2, -0.15) is 0 Å². The van der Waals surface area contributed by atoms with Crippen molar-refractivity contribution in [3.63, 3.8) is 0 Å². The van der Waals surface area contributed by atoms with Crippen molar-refractivity contribution in [1.82, 2.24) is 34.4 Å². The van der Waals surface area contributed by atoms with E-state index in [0.29, 0.717) is 30.1 Å². The molecule has 0 spiro atoms. The van der Waals surface area contributed by atoms with Gasteiger partial charge in [-0.1, -0.05) is 26.8 Å². The average Bonchev–Trinajstić information content (AvgIpc) is 3.17. The van der Waals surface area contributed by atoms with Crippen LogP contribution in [0.3, 0.4) is 0 Å². The molecule has 0 aliphatic carbocycles. The van der Waals surface area contributed by atoms with Gasteiger partial charge in [-0.05, 0) is 30.5 Å². The van der Waals surface area contributed by atoms with Crippen molar-refractivity contribution in [2.45, 2.75) is 46.2 Å². The summed E-state index contributed by atoms with van der Waals surface area (Å²) in [5.74, 6) is 0.109. The highest BCUT2D eigenvalue weighted by molar-refractivity contribution is 6.05. The molecule has 0 radical (unpaired) electrons. The third kappa shape index (κ3) is 3.72. The molecule has 4 heterocycles. The highest BCUT2D eigenvalue weighted by Crippen LogP contribution is 2.20.